The van der Waals surface area contributed by atoms with Crippen molar-refractivity contribution in [1.82, 2.24) is 0 Å². The molecule has 1 aliphatic heterocycles. The molecule has 0 spiro atoms. The van der Waals surface area contributed by atoms with Crippen molar-refractivity contribution in [1.29, 1.82) is 0 Å². The zero-order chi connectivity index (χ0) is 12.3. The molecule has 0 bridgehead atoms. The second kappa shape index (κ2) is 4.63. The molecule has 0 amide bonds. The predicted octanol–water partition coefficient (Wildman–Crippen LogP) is 1.72. The van der Waals surface area contributed by atoms with E-state index < -0.39 is 4.92 Å². The lowest BCUT2D eigenvalue weighted by Crippen LogP contribution is -1.97. The lowest BCUT2D eigenvalue weighted by molar-refractivity contribution is -0.384. The van der Waals surface area contributed by atoms with E-state index in [4.69, 9.17) is 9.47 Å². The predicted molar refractivity (Wildman–Crippen MR) is 56.5 cm³/mol. The van der Waals surface area contributed by atoms with Crippen LogP contribution in [0.15, 0.2) is 17.1 Å². The summed E-state index contributed by atoms with van der Waals surface area (Å²) in [6, 6.07) is 2.51. The molecule has 7 heteroatoms. The maximum atomic E-state index is 10.8. The van der Waals surface area contributed by atoms with Crippen LogP contribution in [-0.4, -0.2) is 24.2 Å². The maximum Gasteiger partial charge on any atom is 0.299 e. The van der Waals surface area contributed by atoms with E-state index in [1.807, 2.05) is 0 Å². The minimum Gasteiger partial charge on any atom is -0.489 e. The number of nitro benzene ring substituents is 1. The molecule has 0 N–H and O–H groups in total. The fourth-order valence-corrected chi connectivity index (χ4v) is 1.47. The Morgan fingerprint density at radius 1 is 1.29 bits per heavy atom. The molecule has 0 fully saturated rings. The summed E-state index contributed by atoms with van der Waals surface area (Å²) in [5.74, 6) is 0.640. The first-order valence-electron chi connectivity index (χ1n) is 4.88. The van der Waals surface area contributed by atoms with Crippen molar-refractivity contribution in [3.05, 3.63) is 22.2 Å². The topological polar surface area (TPSA) is 91.0 Å². The van der Waals surface area contributed by atoms with Gasteiger partial charge in [-0.3, -0.25) is 10.1 Å². The molecule has 0 aromatic heterocycles. The number of isocyanates is 1. The summed E-state index contributed by atoms with van der Waals surface area (Å²) in [5.41, 5.74) is -0.396. The minimum atomic E-state index is -0.634. The van der Waals surface area contributed by atoms with Gasteiger partial charge in [0.25, 0.3) is 5.69 Å². The van der Waals surface area contributed by atoms with E-state index >= 15 is 0 Å². The average molecular weight is 236 g/mol. The van der Waals surface area contributed by atoms with Gasteiger partial charge in [0.05, 0.1) is 24.2 Å². The molecule has 17 heavy (non-hydrogen) atoms. The second-order valence-corrected chi connectivity index (χ2v) is 3.30. The number of hydrogen-bond donors (Lipinski definition) is 0. The number of rotatable bonds is 2. The van der Waals surface area contributed by atoms with Gasteiger partial charge < -0.3 is 9.47 Å². The lowest BCUT2D eigenvalue weighted by atomic mass is 10.2. The highest BCUT2D eigenvalue weighted by Crippen LogP contribution is 2.40. The summed E-state index contributed by atoms with van der Waals surface area (Å²) in [6.07, 6.45) is 1.97. The summed E-state index contributed by atoms with van der Waals surface area (Å²) < 4.78 is 10.6. The molecule has 1 aromatic rings. The van der Waals surface area contributed by atoms with E-state index in [-0.39, 0.29) is 11.4 Å². The van der Waals surface area contributed by atoms with Crippen molar-refractivity contribution >= 4 is 17.5 Å². The van der Waals surface area contributed by atoms with Crippen molar-refractivity contribution in [2.75, 3.05) is 13.2 Å². The Morgan fingerprint density at radius 3 is 2.53 bits per heavy atom. The highest BCUT2D eigenvalue weighted by molar-refractivity contribution is 5.68. The van der Waals surface area contributed by atoms with Crippen molar-refractivity contribution in [2.45, 2.75) is 6.42 Å². The first-order chi connectivity index (χ1) is 8.22. The average Bonchev–Trinajstić information content (AvgIpc) is 2.52. The Morgan fingerprint density at radius 2 is 1.94 bits per heavy atom. The number of carbonyl (C=O) groups excluding carboxylic acids is 1. The van der Waals surface area contributed by atoms with E-state index in [1.165, 1.54) is 18.2 Å². The number of nitrogens with zero attached hydrogens (tertiary/aromatic N) is 2. The summed E-state index contributed by atoms with van der Waals surface area (Å²) >= 11 is 0. The molecule has 0 radical (unpaired) electrons. The van der Waals surface area contributed by atoms with Gasteiger partial charge in [0.15, 0.2) is 17.2 Å². The number of nitro groups is 1. The fourth-order valence-electron chi connectivity index (χ4n) is 1.47. The standard InChI is InChI=1S/C10H8N2O5/c13-6-11-7-4-9-10(5-8(7)12(14)15)17-3-1-2-16-9/h4-5H,1-3H2. The molecule has 0 saturated heterocycles. The molecule has 1 aromatic carbocycles. The zero-order valence-electron chi connectivity index (χ0n) is 8.71. The van der Waals surface area contributed by atoms with E-state index in [0.717, 1.165) is 0 Å². The second-order valence-electron chi connectivity index (χ2n) is 3.30. The number of fused-ring (bicyclic) bond motifs is 1. The lowest BCUT2D eigenvalue weighted by Gasteiger charge is -2.07. The van der Waals surface area contributed by atoms with Crippen LogP contribution in [0.5, 0.6) is 11.5 Å². The number of benzene rings is 1. The van der Waals surface area contributed by atoms with Crippen LogP contribution >= 0.6 is 0 Å². The molecule has 1 heterocycles. The molecule has 0 aliphatic carbocycles. The zero-order valence-corrected chi connectivity index (χ0v) is 8.71. The van der Waals surface area contributed by atoms with Crippen molar-refractivity contribution in [2.24, 2.45) is 4.99 Å². The van der Waals surface area contributed by atoms with Gasteiger partial charge in [-0.05, 0) is 0 Å². The summed E-state index contributed by atoms with van der Waals surface area (Å²) in [5, 5.41) is 10.8. The third-order valence-corrected chi connectivity index (χ3v) is 2.21. The van der Waals surface area contributed by atoms with E-state index in [9.17, 15) is 14.9 Å². The first-order valence-corrected chi connectivity index (χ1v) is 4.88. The number of aliphatic imine (C=N–C) groups is 1. The summed E-state index contributed by atoms with van der Waals surface area (Å²) in [7, 11) is 0. The normalized spacial score (nSPS) is 13.4. The highest BCUT2D eigenvalue weighted by atomic mass is 16.6. The van der Waals surface area contributed by atoms with E-state index in [2.05, 4.69) is 4.99 Å². The number of hydrogen-bond acceptors (Lipinski definition) is 6. The molecule has 0 saturated carbocycles. The Bertz CT molecular complexity index is 477. The number of ether oxygens (including phenoxy) is 2. The SMILES string of the molecule is O=C=Nc1cc2c(cc1[N+](=O)[O-])OCCCO2. The fraction of sp³-hybridized carbons (Fsp3) is 0.300. The third kappa shape index (κ3) is 2.24. The third-order valence-electron chi connectivity index (χ3n) is 2.21. The highest BCUT2D eigenvalue weighted by Gasteiger charge is 2.21. The largest absolute Gasteiger partial charge is 0.489 e. The molecular weight excluding hydrogens is 228 g/mol. The smallest absolute Gasteiger partial charge is 0.299 e. The van der Waals surface area contributed by atoms with Gasteiger partial charge >= 0.3 is 0 Å². The quantitative estimate of drug-likeness (QED) is 0.337. The van der Waals surface area contributed by atoms with Crippen LogP contribution in [0.1, 0.15) is 6.42 Å². The Hall–Kier alpha value is -2.40. The minimum absolute atomic E-state index is 0.0887. The molecular formula is C10H8N2O5. The molecule has 1 aliphatic rings. The van der Waals surface area contributed by atoms with Crippen LogP contribution in [0.25, 0.3) is 0 Å². The van der Waals surface area contributed by atoms with Crippen molar-refractivity contribution in [3.8, 4) is 11.5 Å². The Labute approximate surface area is 95.8 Å². The molecule has 88 valence electrons. The van der Waals surface area contributed by atoms with E-state index in [1.54, 1.807) is 0 Å². The van der Waals surface area contributed by atoms with Gasteiger partial charge in [-0.25, -0.2) is 4.79 Å². The van der Waals surface area contributed by atoms with E-state index in [0.29, 0.717) is 31.1 Å². The molecule has 0 unspecified atom stereocenters. The Balaban J connectivity index is 2.56. The van der Waals surface area contributed by atoms with Gasteiger partial charge in [-0.2, -0.15) is 4.99 Å². The van der Waals surface area contributed by atoms with Crippen LogP contribution < -0.4 is 9.47 Å². The van der Waals surface area contributed by atoms with Crippen LogP contribution in [-0.2, 0) is 4.79 Å². The van der Waals surface area contributed by atoms with Gasteiger partial charge in [-0.15, -0.1) is 0 Å². The Kier molecular flexibility index (Phi) is 3.02. The van der Waals surface area contributed by atoms with Gasteiger partial charge in [0.2, 0.25) is 6.08 Å². The van der Waals surface area contributed by atoms with Crippen molar-refractivity contribution in [3.63, 3.8) is 0 Å². The maximum absolute atomic E-state index is 10.8. The summed E-state index contributed by atoms with van der Waals surface area (Å²) in [4.78, 5) is 23.6. The molecule has 2 rings (SSSR count). The molecule has 0 atom stereocenters. The van der Waals surface area contributed by atoms with Crippen LogP contribution in [0.4, 0.5) is 11.4 Å². The van der Waals surface area contributed by atoms with Gasteiger partial charge in [-0.1, -0.05) is 0 Å². The van der Waals surface area contributed by atoms with Gasteiger partial charge in [0, 0.05) is 12.5 Å². The van der Waals surface area contributed by atoms with Crippen LogP contribution in [0.2, 0.25) is 0 Å². The summed E-state index contributed by atoms with van der Waals surface area (Å²) in [6.45, 7) is 0.884. The molecule has 7 nitrogen and oxygen atoms in total. The van der Waals surface area contributed by atoms with Crippen molar-refractivity contribution < 1.29 is 19.2 Å². The monoisotopic (exact) mass is 236 g/mol. The van der Waals surface area contributed by atoms with Crippen LogP contribution in [0.3, 0.4) is 0 Å². The first kappa shape index (κ1) is 11.1. The van der Waals surface area contributed by atoms with Gasteiger partial charge in [0.1, 0.15) is 0 Å². The van der Waals surface area contributed by atoms with Crippen LogP contribution in [0, 0.1) is 10.1 Å².